The number of fused-ring (bicyclic) bond motifs is 1. The minimum Gasteiger partial charge on any atom is -0.368 e. The summed E-state index contributed by atoms with van der Waals surface area (Å²) in [5.74, 6) is -0.143. The van der Waals surface area contributed by atoms with Crippen molar-refractivity contribution in [2.24, 2.45) is 7.05 Å². The van der Waals surface area contributed by atoms with Crippen LogP contribution in [0.5, 0.6) is 0 Å². The first-order chi connectivity index (χ1) is 13.1. The van der Waals surface area contributed by atoms with Crippen LogP contribution in [0.15, 0.2) is 24.8 Å². The van der Waals surface area contributed by atoms with Gasteiger partial charge in [-0.25, -0.2) is 4.98 Å². The number of ether oxygens (including phenoxy) is 1. The Hall–Kier alpha value is -2.74. The summed E-state index contributed by atoms with van der Waals surface area (Å²) in [7, 11) is 1.82. The van der Waals surface area contributed by atoms with Crippen LogP contribution in [0.2, 0.25) is 0 Å². The molecule has 2 amide bonds. The van der Waals surface area contributed by atoms with Crippen LogP contribution in [0.4, 0.5) is 0 Å². The van der Waals surface area contributed by atoms with E-state index in [4.69, 9.17) is 4.74 Å². The van der Waals surface area contributed by atoms with Crippen molar-refractivity contribution in [1.82, 2.24) is 24.8 Å². The van der Waals surface area contributed by atoms with E-state index in [2.05, 4.69) is 15.3 Å². The first kappa shape index (κ1) is 17.7. The van der Waals surface area contributed by atoms with Crippen molar-refractivity contribution in [2.75, 3.05) is 13.2 Å². The zero-order valence-electron chi connectivity index (χ0n) is 15.4. The summed E-state index contributed by atoms with van der Waals surface area (Å²) in [6.07, 6.45) is 7.26. The second kappa shape index (κ2) is 7.48. The molecule has 1 saturated heterocycles. The Morgan fingerprint density at radius 1 is 1.37 bits per heavy atom. The van der Waals surface area contributed by atoms with Gasteiger partial charge in [-0.3, -0.25) is 14.6 Å². The monoisotopic (exact) mass is 369 g/mol. The lowest BCUT2D eigenvalue weighted by Gasteiger charge is -2.30. The van der Waals surface area contributed by atoms with E-state index in [0.717, 1.165) is 36.1 Å². The molecule has 0 aliphatic carbocycles. The summed E-state index contributed by atoms with van der Waals surface area (Å²) in [5.41, 5.74) is 3.35. The highest BCUT2D eigenvalue weighted by atomic mass is 16.5. The standard InChI is InChI=1S/C19H23N5O3/c1-23-11-16(22-12-23)18(25)21-9-13-7-14-10-24(5-4-15(14)20-8-13)19(26)17-3-2-6-27-17/h7-8,11-12,17H,2-6,9-10H2,1H3,(H,21,25)/t17-/m1/s1. The van der Waals surface area contributed by atoms with Crippen LogP contribution in [0, 0.1) is 0 Å². The molecular formula is C19H23N5O3. The molecule has 1 fully saturated rings. The van der Waals surface area contributed by atoms with Gasteiger partial charge in [-0.2, -0.15) is 0 Å². The number of carbonyl (C=O) groups excluding carboxylic acids is 2. The van der Waals surface area contributed by atoms with E-state index in [1.54, 1.807) is 23.3 Å². The van der Waals surface area contributed by atoms with Crippen molar-refractivity contribution in [3.63, 3.8) is 0 Å². The molecule has 2 aromatic rings. The third-order valence-electron chi connectivity index (χ3n) is 5.00. The highest BCUT2D eigenvalue weighted by molar-refractivity contribution is 5.91. The van der Waals surface area contributed by atoms with Crippen LogP contribution in [0.1, 0.15) is 40.2 Å². The Bertz CT molecular complexity index is 857. The summed E-state index contributed by atoms with van der Waals surface area (Å²) in [5, 5.41) is 2.86. The molecule has 2 aliphatic heterocycles. The van der Waals surface area contributed by atoms with Crippen LogP contribution in [0.3, 0.4) is 0 Å². The predicted octanol–water partition coefficient (Wildman–Crippen LogP) is 0.809. The zero-order valence-corrected chi connectivity index (χ0v) is 15.4. The average molecular weight is 369 g/mol. The van der Waals surface area contributed by atoms with E-state index in [1.165, 1.54) is 0 Å². The molecule has 4 rings (SSSR count). The fraction of sp³-hybridized carbons (Fsp3) is 0.474. The van der Waals surface area contributed by atoms with E-state index < -0.39 is 0 Å². The molecule has 4 heterocycles. The van der Waals surface area contributed by atoms with Crippen molar-refractivity contribution in [3.05, 3.63) is 47.3 Å². The fourth-order valence-corrected chi connectivity index (χ4v) is 3.54. The van der Waals surface area contributed by atoms with Gasteiger partial charge in [-0.15, -0.1) is 0 Å². The average Bonchev–Trinajstić information content (AvgIpc) is 3.36. The molecule has 0 radical (unpaired) electrons. The lowest BCUT2D eigenvalue weighted by molar-refractivity contribution is -0.141. The minimum absolute atomic E-state index is 0.0759. The predicted molar refractivity (Wildman–Crippen MR) is 96.7 cm³/mol. The Balaban J connectivity index is 1.40. The van der Waals surface area contributed by atoms with Gasteiger partial charge in [0.2, 0.25) is 0 Å². The van der Waals surface area contributed by atoms with Crippen LogP contribution in [0.25, 0.3) is 0 Å². The summed E-state index contributed by atoms with van der Waals surface area (Å²) in [4.78, 5) is 35.1. The SMILES string of the molecule is Cn1cnc(C(=O)NCc2cnc3c(c2)CN(C(=O)[C@H]2CCCO2)CC3)c1. The molecule has 0 aromatic carbocycles. The van der Waals surface area contributed by atoms with Crippen LogP contribution in [-0.2, 0) is 36.1 Å². The van der Waals surface area contributed by atoms with E-state index in [0.29, 0.717) is 31.9 Å². The van der Waals surface area contributed by atoms with Crippen molar-refractivity contribution in [2.45, 2.75) is 38.5 Å². The molecule has 0 unspecified atom stereocenters. The van der Waals surface area contributed by atoms with Crippen molar-refractivity contribution < 1.29 is 14.3 Å². The number of pyridine rings is 1. The molecule has 0 bridgehead atoms. The quantitative estimate of drug-likeness (QED) is 0.861. The number of carbonyl (C=O) groups is 2. The molecule has 142 valence electrons. The van der Waals surface area contributed by atoms with Gasteiger partial charge in [0, 0.05) is 57.8 Å². The maximum atomic E-state index is 12.6. The molecule has 27 heavy (non-hydrogen) atoms. The maximum absolute atomic E-state index is 12.6. The van der Waals surface area contributed by atoms with Gasteiger partial charge in [0.05, 0.1) is 6.33 Å². The number of hydrogen-bond donors (Lipinski definition) is 1. The number of hydrogen-bond acceptors (Lipinski definition) is 5. The highest BCUT2D eigenvalue weighted by Gasteiger charge is 2.30. The van der Waals surface area contributed by atoms with Crippen molar-refractivity contribution >= 4 is 11.8 Å². The number of rotatable bonds is 4. The minimum atomic E-state index is -0.291. The number of aromatic nitrogens is 3. The van der Waals surface area contributed by atoms with Crippen LogP contribution in [-0.4, -0.2) is 50.5 Å². The Kier molecular flexibility index (Phi) is 4.89. The maximum Gasteiger partial charge on any atom is 0.271 e. The number of nitrogens with zero attached hydrogens (tertiary/aromatic N) is 4. The molecule has 0 saturated carbocycles. The summed E-state index contributed by atoms with van der Waals surface area (Å²) in [6, 6.07) is 2.02. The molecule has 1 atom stereocenters. The molecular weight excluding hydrogens is 346 g/mol. The Morgan fingerprint density at radius 3 is 3.00 bits per heavy atom. The van der Waals surface area contributed by atoms with Gasteiger partial charge >= 0.3 is 0 Å². The molecule has 2 aliphatic rings. The van der Waals surface area contributed by atoms with E-state index in [9.17, 15) is 9.59 Å². The zero-order chi connectivity index (χ0) is 18.8. The lowest BCUT2D eigenvalue weighted by Crippen LogP contribution is -2.42. The molecule has 2 aromatic heterocycles. The van der Waals surface area contributed by atoms with Crippen molar-refractivity contribution in [1.29, 1.82) is 0 Å². The summed E-state index contributed by atoms with van der Waals surface area (Å²) < 4.78 is 7.26. The Morgan fingerprint density at radius 2 is 2.26 bits per heavy atom. The van der Waals surface area contributed by atoms with Gasteiger partial charge < -0.3 is 19.5 Å². The lowest BCUT2D eigenvalue weighted by atomic mass is 10.0. The topological polar surface area (TPSA) is 89.4 Å². The van der Waals surface area contributed by atoms with Crippen LogP contribution >= 0.6 is 0 Å². The normalized spacial score (nSPS) is 19.0. The van der Waals surface area contributed by atoms with E-state index in [1.807, 2.05) is 18.0 Å². The second-order valence-corrected chi connectivity index (χ2v) is 7.07. The van der Waals surface area contributed by atoms with Crippen molar-refractivity contribution in [3.8, 4) is 0 Å². The fourth-order valence-electron chi connectivity index (χ4n) is 3.54. The van der Waals surface area contributed by atoms with Gasteiger partial charge in [0.15, 0.2) is 0 Å². The number of aryl methyl sites for hydroxylation is 1. The first-order valence-corrected chi connectivity index (χ1v) is 9.23. The number of imidazole rings is 1. The third-order valence-corrected chi connectivity index (χ3v) is 5.00. The van der Waals surface area contributed by atoms with Gasteiger partial charge in [-0.05, 0) is 30.0 Å². The molecule has 1 N–H and O–H groups in total. The van der Waals surface area contributed by atoms with Gasteiger partial charge in [-0.1, -0.05) is 0 Å². The van der Waals surface area contributed by atoms with Gasteiger partial charge in [0.25, 0.3) is 11.8 Å². The Labute approximate surface area is 157 Å². The molecule has 8 nitrogen and oxygen atoms in total. The van der Waals surface area contributed by atoms with Gasteiger partial charge in [0.1, 0.15) is 11.8 Å². The highest BCUT2D eigenvalue weighted by Crippen LogP contribution is 2.22. The summed E-state index contributed by atoms with van der Waals surface area (Å²) >= 11 is 0. The smallest absolute Gasteiger partial charge is 0.271 e. The molecule has 8 heteroatoms. The first-order valence-electron chi connectivity index (χ1n) is 9.23. The third kappa shape index (κ3) is 3.85. The number of amides is 2. The van der Waals surface area contributed by atoms with E-state index in [-0.39, 0.29) is 17.9 Å². The largest absolute Gasteiger partial charge is 0.368 e. The van der Waals surface area contributed by atoms with E-state index >= 15 is 0 Å². The summed E-state index contributed by atoms with van der Waals surface area (Å²) in [6.45, 7) is 2.26. The second-order valence-electron chi connectivity index (χ2n) is 7.07. The molecule has 0 spiro atoms. The van der Waals surface area contributed by atoms with Crippen LogP contribution < -0.4 is 5.32 Å². The number of nitrogens with one attached hydrogen (secondary N) is 1.